The van der Waals surface area contributed by atoms with Crippen LogP contribution in [0.1, 0.15) is 11.1 Å². The summed E-state index contributed by atoms with van der Waals surface area (Å²) in [5, 5.41) is 7.56. The van der Waals surface area contributed by atoms with Crippen molar-refractivity contribution in [2.75, 3.05) is 24.3 Å². The zero-order valence-corrected chi connectivity index (χ0v) is 11.7. The van der Waals surface area contributed by atoms with Gasteiger partial charge < -0.3 is 10.2 Å². The van der Waals surface area contributed by atoms with Crippen LogP contribution in [0.3, 0.4) is 0 Å². The van der Waals surface area contributed by atoms with E-state index in [-0.39, 0.29) is 0 Å². The fraction of sp³-hybridized carbons (Fsp3) is 0.267. The van der Waals surface area contributed by atoms with E-state index in [4.69, 9.17) is 0 Å². The van der Waals surface area contributed by atoms with Gasteiger partial charge in [0.25, 0.3) is 0 Å². The molecule has 4 nitrogen and oxygen atoms in total. The summed E-state index contributed by atoms with van der Waals surface area (Å²) in [6, 6.07) is 6.39. The number of anilines is 2. The molecule has 2 rings (SSSR count). The lowest BCUT2D eigenvalue weighted by molar-refractivity contribution is 0.936. The molecule has 2 aromatic rings. The number of aromatic nitrogens is 2. The second-order valence-corrected chi connectivity index (χ2v) is 4.76. The first-order valence-electron chi connectivity index (χ1n) is 6.27. The van der Waals surface area contributed by atoms with Crippen molar-refractivity contribution in [3.63, 3.8) is 0 Å². The van der Waals surface area contributed by atoms with E-state index >= 15 is 0 Å². The van der Waals surface area contributed by atoms with Crippen LogP contribution >= 0.6 is 0 Å². The second-order valence-electron chi connectivity index (χ2n) is 4.76. The Morgan fingerprint density at radius 1 is 1.42 bits per heavy atom. The van der Waals surface area contributed by atoms with Crippen molar-refractivity contribution in [1.29, 1.82) is 0 Å². The smallest absolute Gasteiger partial charge is 0.0543 e. The van der Waals surface area contributed by atoms with Crippen LogP contribution in [0.5, 0.6) is 0 Å². The van der Waals surface area contributed by atoms with E-state index in [0.717, 1.165) is 17.8 Å². The average molecular weight is 256 g/mol. The van der Waals surface area contributed by atoms with Gasteiger partial charge in [-0.15, -0.1) is 0 Å². The molecule has 0 radical (unpaired) electrons. The monoisotopic (exact) mass is 256 g/mol. The van der Waals surface area contributed by atoms with E-state index in [1.165, 1.54) is 11.3 Å². The van der Waals surface area contributed by atoms with Crippen LogP contribution in [-0.2, 0) is 6.54 Å². The van der Waals surface area contributed by atoms with Crippen molar-refractivity contribution in [2.24, 2.45) is 0 Å². The lowest BCUT2D eigenvalue weighted by Gasteiger charge is -2.17. The van der Waals surface area contributed by atoms with Crippen LogP contribution in [-0.4, -0.2) is 23.9 Å². The minimum Gasteiger partial charge on any atom is -0.381 e. The number of benzene rings is 1. The Morgan fingerprint density at radius 2 is 2.21 bits per heavy atom. The Balaban J connectivity index is 2.07. The van der Waals surface area contributed by atoms with Gasteiger partial charge in [-0.1, -0.05) is 12.6 Å². The van der Waals surface area contributed by atoms with Crippen LogP contribution in [0.4, 0.5) is 11.4 Å². The van der Waals surface area contributed by atoms with E-state index in [0.29, 0.717) is 0 Å². The molecule has 19 heavy (non-hydrogen) atoms. The summed E-state index contributed by atoms with van der Waals surface area (Å²) in [6.45, 7) is 6.55. The Hall–Kier alpha value is -2.23. The summed E-state index contributed by atoms with van der Waals surface area (Å²) in [5.41, 5.74) is 4.74. The van der Waals surface area contributed by atoms with Gasteiger partial charge in [-0.2, -0.15) is 5.10 Å². The number of hydrogen-bond donors (Lipinski definition) is 1. The quantitative estimate of drug-likeness (QED) is 0.892. The highest BCUT2D eigenvalue weighted by Gasteiger charge is 2.03. The molecule has 0 unspecified atom stereocenters. The normalized spacial score (nSPS) is 10.3. The van der Waals surface area contributed by atoms with E-state index < -0.39 is 0 Å². The van der Waals surface area contributed by atoms with Gasteiger partial charge in [0.05, 0.1) is 6.20 Å². The minimum atomic E-state index is 0.754. The molecule has 1 aromatic carbocycles. The SMILES string of the molecule is C=Cn1cc(CNc2ccc(C)c(N(C)C)c2)cn1. The van der Waals surface area contributed by atoms with Crippen molar-refractivity contribution < 1.29 is 0 Å². The second kappa shape index (κ2) is 5.61. The highest BCUT2D eigenvalue weighted by molar-refractivity contribution is 5.61. The molecule has 0 atom stereocenters. The first kappa shape index (κ1) is 13.2. The van der Waals surface area contributed by atoms with Crippen LogP contribution < -0.4 is 10.2 Å². The Kier molecular flexibility index (Phi) is 3.90. The molecular weight excluding hydrogens is 236 g/mol. The molecule has 1 heterocycles. The first-order chi connectivity index (χ1) is 9.10. The van der Waals surface area contributed by atoms with Crippen molar-refractivity contribution >= 4 is 17.6 Å². The maximum Gasteiger partial charge on any atom is 0.0543 e. The van der Waals surface area contributed by atoms with Crippen molar-refractivity contribution in [3.8, 4) is 0 Å². The highest BCUT2D eigenvalue weighted by atomic mass is 15.2. The average Bonchev–Trinajstić information content (AvgIpc) is 2.85. The number of hydrogen-bond acceptors (Lipinski definition) is 3. The van der Waals surface area contributed by atoms with Gasteiger partial charge in [0, 0.05) is 50.0 Å². The van der Waals surface area contributed by atoms with E-state index in [1.807, 2.05) is 12.4 Å². The van der Waals surface area contributed by atoms with E-state index in [2.05, 4.69) is 61.1 Å². The van der Waals surface area contributed by atoms with Crippen LogP contribution in [0.15, 0.2) is 37.2 Å². The summed E-state index contributed by atoms with van der Waals surface area (Å²) >= 11 is 0. The Morgan fingerprint density at radius 3 is 2.84 bits per heavy atom. The minimum absolute atomic E-state index is 0.754. The van der Waals surface area contributed by atoms with Gasteiger partial charge in [0.2, 0.25) is 0 Å². The van der Waals surface area contributed by atoms with Crippen LogP contribution in [0.25, 0.3) is 6.20 Å². The Labute approximate surface area is 114 Å². The van der Waals surface area contributed by atoms with Crippen molar-refractivity contribution in [1.82, 2.24) is 9.78 Å². The predicted octanol–water partition coefficient (Wildman–Crippen LogP) is 2.97. The van der Waals surface area contributed by atoms with E-state index in [9.17, 15) is 0 Å². The predicted molar refractivity (Wildman–Crippen MR) is 81.4 cm³/mol. The number of nitrogens with one attached hydrogen (secondary N) is 1. The number of aryl methyl sites for hydroxylation is 1. The third kappa shape index (κ3) is 3.16. The molecule has 0 fully saturated rings. The molecule has 100 valence electrons. The zero-order valence-electron chi connectivity index (χ0n) is 11.7. The maximum absolute atomic E-state index is 4.16. The molecule has 0 aliphatic heterocycles. The summed E-state index contributed by atoms with van der Waals surface area (Å²) in [6.07, 6.45) is 5.48. The first-order valence-corrected chi connectivity index (χ1v) is 6.27. The topological polar surface area (TPSA) is 33.1 Å². The van der Waals surface area contributed by atoms with E-state index in [1.54, 1.807) is 10.9 Å². The molecule has 0 spiro atoms. The third-order valence-corrected chi connectivity index (χ3v) is 3.03. The van der Waals surface area contributed by atoms with Crippen molar-refractivity contribution in [2.45, 2.75) is 13.5 Å². The summed E-state index contributed by atoms with van der Waals surface area (Å²) < 4.78 is 1.71. The fourth-order valence-electron chi connectivity index (χ4n) is 1.97. The molecule has 0 saturated heterocycles. The van der Waals surface area contributed by atoms with Gasteiger partial charge in [0.1, 0.15) is 0 Å². The highest BCUT2D eigenvalue weighted by Crippen LogP contribution is 2.22. The van der Waals surface area contributed by atoms with Gasteiger partial charge in [-0.3, -0.25) is 0 Å². The summed E-state index contributed by atoms with van der Waals surface area (Å²) in [5.74, 6) is 0. The van der Waals surface area contributed by atoms with Crippen molar-refractivity contribution in [3.05, 3.63) is 48.3 Å². The van der Waals surface area contributed by atoms with Gasteiger partial charge in [0.15, 0.2) is 0 Å². The molecule has 0 aliphatic rings. The third-order valence-electron chi connectivity index (χ3n) is 3.03. The van der Waals surface area contributed by atoms with Gasteiger partial charge in [-0.25, -0.2) is 4.68 Å². The van der Waals surface area contributed by atoms with Crippen LogP contribution in [0.2, 0.25) is 0 Å². The summed E-state index contributed by atoms with van der Waals surface area (Å²) in [7, 11) is 4.11. The maximum atomic E-state index is 4.16. The standard InChI is InChI=1S/C15H20N4/c1-5-19-11-13(10-17-19)9-16-14-7-6-12(2)15(8-14)18(3)4/h5-8,10-11,16H,1,9H2,2-4H3. The summed E-state index contributed by atoms with van der Waals surface area (Å²) in [4.78, 5) is 2.12. The molecule has 0 amide bonds. The van der Waals surface area contributed by atoms with Crippen LogP contribution in [0, 0.1) is 6.92 Å². The lowest BCUT2D eigenvalue weighted by Crippen LogP contribution is -2.10. The molecule has 0 bridgehead atoms. The zero-order chi connectivity index (χ0) is 13.8. The number of nitrogens with zero attached hydrogens (tertiary/aromatic N) is 3. The molecule has 0 aliphatic carbocycles. The molecule has 0 saturated carbocycles. The lowest BCUT2D eigenvalue weighted by atomic mass is 10.1. The fourth-order valence-corrected chi connectivity index (χ4v) is 1.97. The molecule has 4 heteroatoms. The van der Waals surface area contributed by atoms with Gasteiger partial charge in [-0.05, 0) is 24.6 Å². The molecular formula is C15H20N4. The number of rotatable bonds is 5. The molecule has 1 N–H and O–H groups in total. The van der Waals surface area contributed by atoms with Gasteiger partial charge >= 0.3 is 0 Å². The largest absolute Gasteiger partial charge is 0.381 e. The Bertz CT molecular complexity index is 569. The molecule has 1 aromatic heterocycles.